The first-order valence-electron chi connectivity index (χ1n) is 7.62. The molecule has 0 spiro atoms. The maximum atomic E-state index is 14.9. The highest BCUT2D eigenvalue weighted by atomic mass is 32.2. The number of halogens is 1. The maximum Gasteiger partial charge on any atom is 0.413 e. The Morgan fingerprint density at radius 2 is 2.20 bits per heavy atom. The Kier molecular flexibility index (Phi) is 5.36. The van der Waals surface area contributed by atoms with E-state index in [1.165, 1.54) is 7.05 Å². The number of fused-ring (bicyclic) bond motifs is 1. The van der Waals surface area contributed by atoms with Crippen LogP contribution >= 0.6 is 11.8 Å². The molecule has 0 aromatic heterocycles. The van der Waals surface area contributed by atoms with Gasteiger partial charge in [0, 0.05) is 7.05 Å². The van der Waals surface area contributed by atoms with Crippen LogP contribution < -0.4 is 0 Å². The fraction of sp³-hybridized carbons (Fsp3) is 0.438. The Labute approximate surface area is 147 Å². The van der Waals surface area contributed by atoms with Crippen LogP contribution in [0.1, 0.15) is 5.56 Å². The summed E-state index contributed by atoms with van der Waals surface area (Å²) < 4.78 is 26.1. The molecule has 9 heteroatoms. The first-order valence-corrected chi connectivity index (χ1v) is 8.50. The molecule has 0 unspecified atom stereocenters. The second-order valence-electron chi connectivity index (χ2n) is 5.67. The van der Waals surface area contributed by atoms with Gasteiger partial charge in [0.1, 0.15) is 23.7 Å². The van der Waals surface area contributed by atoms with Crippen LogP contribution in [0.2, 0.25) is 0 Å². The van der Waals surface area contributed by atoms with Crippen molar-refractivity contribution in [1.29, 1.82) is 0 Å². The lowest BCUT2D eigenvalue weighted by Crippen LogP contribution is -2.54. The van der Waals surface area contributed by atoms with Gasteiger partial charge >= 0.3 is 6.09 Å². The number of aldehydes is 1. The van der Waals surface area contributed by atoms with Gasteiger partial charge in [-0.2, -0.15) is 0 Å². The molecule has 134 valence electrons. The van der Waals surface area contributed by atoms with Crippen molar-refractivity contribution in [3.63, 3.8) is 0 Å². The fourth-order valence-corrected chi connectivity index (χ4v) is 3.80. The Hall–Kier alpha value is -1.97. The Morgan fingerprint density at radius 3 is 2.84 bits per heavy atom. The maximum absolute atomic E-state index is 14.9. The van der Waals surface area contributed by atoms with E-state index in [-0.39, 0.29) is 11.8 Å². The molecule has 0 saturated carbocycles. The smallest absolute Gasteiger partial charge is 0.413 e. The summed E-state index contributed by atoms with van der Waals surface area (Å²) in [7, 11) is 1.32. The summed E-state index contributed by atoms with van der Waals surface area (Å²) in [4.78, 5) is 27.4. The van der Waals surface area contributed by atoms with Gasteiger partial charge in [0.05, 0.1) is 6.61 Å². The number of benzene rings is 1. The molecule has 3 rings (SSSR count). The molecule has 2 heterocycles. The minimum Gasteiger partial charge on any atom is -0.465 e. The second kappa shape index (κ2) is 7.51. The highest BCUT2D eigenvalue weighted by molar-refractivity contribution is 8.14. The lowest BCUT2D eigenvalue weighted by molar-refractivity contribution is -0.164. The van der Waals surface area contributed by atoms with E-state index in [9.17, 15) is 14.0 Å². The molecule has 0 radical (unpaired) electrons. The van der Waals surface area contributed by atoms with E-state index < -0.39 is 36.0 Å². The second-order valence-corrected chi connectivity index (χ2v) is 6.74. The summed E-state index contributed by atoms with van der Waals surface area (Å²) in [6, 6.07) is 8.27. The van der Waals surface area contributed by atoms with Crippen molar-refractivity contribution in [2.45, 2.75) is 36.5 Å². The molecular weight excluding hydrogens is 351 g/mol. The van der Waals surface area contributed by atoms with Gasteiger partial charge in [0.2, 0.25) is 0 Å². The molecule has 25 heavy (non-hydrogen) atoms. The van der Waals surface area contributed by atoms with Gasteiger partial charge in [-0.3, -0.25) is 9.89 Å². The van der Waals surface area contributed by atoms with Crippen molar-refractivity contribution in [1.82, 2.24) is 4.90 Å². The van der Waals surface area contributed by atoms with Gasteiger partial charge in [-0.15, -0.1) is 0 Å². The van der Waals surface area contributed by atoms with E-state index in [4.69, 9.17) is 14.6 Å². The third kappa shape index (κ3) is 3.68. The molecule has 1 fully saturated rings. The number of rotatable bonds is 4. The van der Waals surface area contributed by atoms with E-state index in [0.717, 1.165) is 22.2 Å². The SMILES string of the molecule is CN(C(=O)O)C1=N[C@@H]2[C@H](F)[C@H](OCc3ccccc3)[C@@H](C=O)O[C@@H]2S1. The number of hydrogen-bond donors (Lipinski definition) is 1. The molecule has 7 nitrogen and oxygen atoms in total. The third-order valence-electron chi connectivity index (χ3n) is 4.01. The van der Waals surface area contributed by atoms with Crippen LogP contribution in [-0.4, -0.2) is 64.5 Å². The monoisotopic (exact) mass is 368 g/mol. The van der Waals surface area contributed by atoms with E-state index >= 15 is 0 Å². The summed E-state index contributed by atoms with van der Waals surface area (Å²) in [5, 5.41) is 9.16. The van der Waals surface area contributed by atoms with Gasteiger partial charge in [-0.25, -0.2) is 9.18 Å². The largest absolute Gasteiger partial charge is 0.465 e. The average Bonchev–Trinajstić information content (AvgIpc) is 3.05. The average molecular weight is 368 g/mol. The van der Waals surface area contributed by atoms with Crippen molar-refractivity contribution in [3.8, 4) is 0 Å². The molecule has 1 saturated heterocycles. The highest BCUT2D eigenvalue weighted by Crippen LogP contribution is 2.39. The van der Waals surface area contributed by atoms with Crippen LogP contribution in [0.5, 0.6) is 0 Å². The predicted octanol–water partition coefficient (Wildman–Crippen LogP) is 1.91. The third-order valence-corrected chi connectivity index (χ3v) is 5.22. The standard InChI is InChI=1S/C16H17FN2O5S/c1-19(16(21)22)15-18-12-11(17)13(10(7-20)24-14(12)25-15)23-8-9-5-3-2-4-6-9/h2-7,10-14H,8H2,1H3,(H,21,22)/t10-,11+,12-,13-,14-/m1/s1. The molecule has 1 aromatic carbocycles. The molecule has 1 aromatic rings. The summed E-state index contributed by atoms with van der Waals surface area (Å²) in [6.07, 6.45) is -4.44. The van der Waals surface area contributed by atoms with Crippen molar-refractivity contribution in [3.05, 3.63) is 35.9 Å². The number of aliphatic imine (C=N–C) groups is 1. The molecule has 1 N–H and O–H groups in total. The minimum absolute atomic E-state index is 0.135. The van der Waals surface area contributed by atoms with Crippen molar-refractivity contribution in [2.24, 2.45) is 4.99 Å². The van der Waals surface area contributed by atoms with Crippen molar-refractivity contribution < 1.29 is 28.6 Å². The molecule has 1 amide bonds. The molecule has 0 bridgehead atoms. The van der Waals surface area contributed by atoms with Crippen LogP contribution in [0.3, 0.4) is 0 Å². The lowest BCUT2D eigenvalue weighted by atomic mass is 10.00. The van der Waals surface area contributed by atoms with E-state index in [2.05, 4.69) is 4.99 Å². The zero-order valence-electron chi connectivity index (χ0n) is 13.3. The number of ether oxygens (including phenoxy) is 2. The predicted molar refractivity (Wildman–Crippen MR) is 89.2 cm³/mol. The van der Waals surface area contributed by atoms with Gasteiger partial charge in [-0.05, 0) is 5.56 Å². The van der Waals surface area contributed by atoms with E-state index in [0.29, 0.717) is 6.29 Å². The molecular formula is C16H17FN2O5S. The van der Waals surface area contributed by atoms with Gasteiger partial charge in [-0.1, -0.05) is 42.1 Å². The van der Waals surface area contributed by atoms with Gasteiger partial charge in [0.25, 0.3) is 0 Å². The Balaban J connectivity index is 1.73. The lowest BCUT2D eigenvalue weighted by Gasteiger charge is -2.37. The zero-order valence-corrected chi connectivity index (χ0v) is 14.1. The number of thioether (sulfide) groups is 1. The number of hydrogen-bond acceptors (Lipinski definition) is 6. The summed E-state index contributed by atoms with van der Waals surface area (Å²) in [5.41, 5.74) is 0.0932. The van der Waals surface area contributed by atoms with E-state index in [1.807, 2.05) is 30.3 Å². The summed E-state index contributed by atoms with van der Waals surface area (Å²) in [5.74, 6) is 0. The van der Waals surface area contributed by atoms with Crippen molar-refractivity contribution in [2.75, 3.05) is 7.05 Å². The first-order chi connectivity index (χ1) is 12.0. The molecule has 5 atom stereocenters. The minimum atomic E-state index is -1.58. The number of alkyl halides is 1. The Morgan fingerprint density at radius 1 is 1.48 bits per heavy atom. The van der Waals surface area contributed by atoms with E-state index in [1.54, 1.807) is 0 Å². The highest BCUT2D eigenvalue weighted by Gasteiger charge is 2.51. The number of amidine groups is 1. The van der Waals surface area contributed by atoms with Crippen LogP contribution in [0, 0.1) is 0 Å². The van der Waals surface area contributed by atoms with Gasteiger partial charge in [0.15, 0.2) is 17.6 Å². The van der Waals surface area contributed by atoms with Crippen LogP contribution in [0.15, 0.2) is 35.3 Å². The number of carboxylic acid groups (broad SMARTS) is 1. The van der Waals surface area contributed by atoms with Crippen LogP contribution in [0.25, 0.3) is 0 Å². The fourth-order valence-electron chi connectivity index (χ4n) is 2.64. The Bertz CT molecular complexity index is 674. The zero-order chi connectivity index (χ0) is 18.0. The summed E-state index contributed by atoms with van der Waals surface area (Å²) >= 11 is 0.989. The normalized spacial score (nSPS) is 31.1. The van der Waals surface area contributed by atoms with Crippen LogP contribution in [0.4, 0.5) is 9.18 Å². The molecule has 0 aliphatic carbocycles. The molecule has 2 aliphatic heterocycles. The number of amides is 1. The molecule has 2 aliphatic rings. The number of carbonyl (C=O) groups is 2. The summed E-state index contributed by atoms with van der Waals surface area (Å²) in [6.45, 7) is 0.135. The topological polar surface area (TPSA) is 88.4 Å². The van der Waals surface area contributed by atoms with Crippen molar-refractivity contribution >= 4 is 29.3 Å². The number of carbonyl (C=O) groups excluding carboxylic acids is 1. The first kappa shape index (κ1) is 17.8. The quantitative estimate of drug-likeness (QED) is 0.817. The van der Waals surface area contributed by atoms with Gasteiger partial charge < -0.3 is 19.4 Å². The number of nitrogens with zero attached hydrogens (tertiary/aromatic N) is 2. The van der Waals surface area contributed by atoms with Crippen LogP contribution in [-0.2, 0) is 20.9 Å².